The smallest absolute Gasteiger partial charge is 0.244 e. The molecule has 1 atom stereocenters. The molecule has 1 aromatic heterocycles. The fraction of sp³-hybridized carbons (Fsp3) is 0.156. The maximum Gasteiger partial charge on any atom is 0.244 e. The van der Waals surface area contributed by atoms with Crippen LogP contribution in [0.3, 0.4) is 0 Å². The molecule has 0 aliphatic carbocycles. The molecule has 0 saturated carbocycles. The van der Waals surface area contributed by atoms with E-state index in [0.717, 1.165) is 29.2 Å². The monoisotopic (exact) mass is 574 g/mol. The van der Waals surface area contributed by atoms with E-state index in [1.165, 1.54) is 23.3 Å². The lowest BCUT2D eigenvalue weighted by atomic mass is 10.1. The Hall–Kier alpha value is -3.75. The van der Waals surface area contributed by atoms with Crippen LogP contribution >= 0.6 is 11.6 Å². The molecule has 8 heteroatoms. The van der Waals surface area contributed by atoms with Crippen molar-refractivity contribution in [2.24, 2.45) is 0 Å². The van der Waals surface area contributed by atoms with Crippen LogP contribution in [0.1, 0.15) is 28.4 Å². The van der Waals surface area contributed by atoms with Gasteiger partial charge in [-0.25, -0.2) is 17.6 Å². The summed E-state index contributed by atoms with van der Waals surface area (Å²) in [5.41, 5.74) is 4.50. The maximum absolute atomic E-state index is 10.4. The van der Waals surface area contributed by atoms with Crippen molar-refractivity contribution in [3.8, 4) is 0 Å². The molecule has 0 saturated heterocycles. The highest BCUT2D eigenvalue weighted by Gasteiger charge is 2.17. The van der Waals surface area contributed by atoms with Crippen molar-refractivity contribution in [1.82, 2.24) is 4.57 Å². The first-order valence-electron chi connectivity index (χ1n) is 12.8. The van der Waals surface area contributed by atoms with Crippen molar-refractivity contribution in [3.05, 3.63) is 155 Å². The summed E-state index contributed by atoms with van der Waals surface area (Å²) in [6.45, 7) is 3.97. The summed E-state index contributed by atoms with van der Waals surface area (Å²) in [6.07, 6.45) is 6.30. The van der Waals surface area contributed by atoms with Crippen LogP contribution in [0.2, 0.25) is 5.02 Å². The van der Waals surface area contributed by atoms with Gasteiger partial charge in [-0.15, -0.1) is 0 Å². The zero-order chi connectivity index (χ0) is 28.4. The van der Waals surface area contributed by atoms with Gasteiger partial charge >= 0.3 is 0 Å². The minimum atomic E-state index is -4.27. The van der Waals surface area contributed by atoms with Crippen LogP contribution < -0.4 is 4.57 Å². The van der Waals surface area contributed by atoms with Gasteiger partial charge in [0.2, 0.25) is 6.33 Å². The Bertz CT molecular complexity index is 1570. The van der Waals surface area contributed by atoms with Crippen LogP contribution in [0.25, 0.3) is 0 Å². The summed E-state index contributed by atoms with van der Waals surface area (Å²) >= 11 is 5.99. The van der Waals surface area contributed by atoms with Gasteiger partial charge in [0.25, 0.3) is 0 Å². The number of hydrogen-bond donors (Lipinski definition) is 0. The lowest BCUT2D eigenvalue weighted by Crippen LogP contribution is -2.31. The summed E-state index contributed by atoms with van der Waals surface area (Å²) in [6, 6.07) is 34.5. The molecule has 4 aromatic carbocycles. The Morgan fingerprint density at radius 2 is 1.48 bits per heavy atom. The lowest BCUT2D eigenvalue weighted by Gasteiger charge is -2.17. The third-order valence-electron chi connectivity index (χ3n) is 6.18. The molecule has 5 rings (SSSR count). The van der Waals surface area contributed by atoms with Crippen molar-refractivity contribution < 1.29 is 22.3 Å². The number of hydrogen-bond acceptors (Lipinski definition) is 4. The van der Waals surface area contributed by atoms with E-state index in [1.807, 2.05) is 43.3 Å². The van der Waals surface area contributed by atoms with E-state index in [1.54, 1.807) is 12.1 Å². The highest BCUT2D eigenvalue weighted by atomic mass is 35.5. The highest BCUT2D eigenvalue weighted by Crippen LogP contribution is 2.22. The van der Waals surface area contributed by atoms with E-state index in [2.05, 4.69) is 76.4 Å². The van der Waals surface area contributed by atoms with E-state index in [-0.39, 0.29) is 11.0 Å². The number of aromatic nitrogens is 2. The predicted molar refractivity (Wildman–Crippen MR) is 155 cm³/mol. The first kappa shape index (κ1) is 29.2. The second-order valence-electron chi connectivity index (χ2n) is 9.37. The second-order valence-corrected chi connectivity index (χ2v) is 11.2. The third kappa shape index (κ3) is 9.17. The molecule has 0 aliphatic heterocycles. The first-order valence-corrected chi connectivity index (χ1v) is 14.6. The molecule has 1 heterocycles. The Morgan fingerprint density at radius 3 is 2.10 bits per heavy atom. The van der Waals surface area contributed by atoms with E-state index in [4.69, 9.17) is 16.3 Å². The van der Waals surface area contributed by atoms with E-state index in [9.17, 15) is 13.0 Å². The Kier molecular flexibility index (Phi) is 10.3. The molecule has 0 bridgehead atoms. The molecule has 0 amide bonds. The zero-order valence-corrected chi connectivity index (χ0v) is 23.7. The van der Waals surface area contributed by atoms with Gasteiger partial charge in [0, 0.05) is 5.02 Å². The number of benzene rings is 4. The van der Waals surface area contributed by atoms with Crippen molar-refractivity contribution in [2.75, 3.05) is 0 Å². The van der Waals surface area contributed by atoms with Crippen molar-refractivity contribution in [2.45, 2.75) is 37.6 Å². The first-order chi connectivity index (χ1) is 19.3. The maximum atomic E-state index is 10.4. The molecular formula is C32H31ClN2O4S. The van der Waals surface area contributed by atoms with Gasteiger partial charge < -0.3 is 9.29 Å². The van der Waals surface area contributed by atoms with Crippen LogP contribution in [0, 0.1) is 6.92 Å². The lowest BCUT2D eigenvalue weighted by molar-refractivity contribution is -0.687. The van der Waals surface area contributed by atoms with Gasteiger partial charge in [0.1, 0.15) is 41.7 Å². The summed E-state index contributed by atoms with van der Waals surface area (Å²) in [5.74, 6) is 0. The van der Waals surface area contributed by atoms with Crippen molar-refractivity contribution in [3.63, 3.8) is 0 Å². The summed E-state index contributed by atoms with van der Waals surface area (Å²) in [7, 11) is -4.27. The molecule has 206 valence electrons. The van der Waals surface area contributed by atoms with Gasteiger partial charge in [-0.05, 0) is 47.9 Å². The van der Waals surface area contributed by atoms with E-state index < -0.39 is 10.1 Å². The number of nitrogens with zero attached hydrogens (tertiary/aromatic N) is 2. The minimum Gasteiger partial charge on any atom is -0.744 e. The normalized spacial score (nSPS) is 11.9. The third-order valence-corrected chi connectivity index (χ3v) is 7.28. The summed E-state index contributed by atoms with van der Waals surface area (Å²) in [5, 5.41) is 0.740. The molecule has 0 radical (unpaired) electrons. The van der Waals surface area contributed by atoms with Gasteiger partial charge in [-0.2, -0.15) is 0 Å². The van der Waals surface area contributed by atoms with E-state index >= 15 is 0 Å². The van der Waals surface area contributed by atoms with Crippen LogP contribution in [0.5, 0.6) is 0 Å². The molecule has 40 heavy (non-hydrogen) atoms. The molecule has 0 spiro atoms. The molecule has 0 fully saturated rings. The molecule has 1 unspecified atom stereocenters. The van der Waals surface area contributed by atoms with Crippen molar-refractivity contribution >= 4 is 21.7 Å². The highest BCUT2D eigenvalue weighted by molar-refractivity contribution is 7.85. The topological polar surface area (TPSA) is 75.2 Å². The SMILES string of the molecule is Cc1ccc(S(=O)(=O)[O-])cc1.Clc1ccc(COC(Cn2cc[n+](Cc3ccccc3)c2)c2ccccc2)cc1. The fourth-order valence-electron chi connectivity index (χ4n) is 4.03. The predicted octanol–water partition coefficient (Wildman–Crippen LogP) is 6.33. The van der Waals surface area contributed by atoms with E-state index in [0.29, 0.717) is 6.61 Å². The average Bonchev–Trinajstić information content (AvgIpc) is 3.39. The molecule has 5 aromatic rings. The molecule has 0 N–H and O–H groups in total. The van der Waals surface area contributed by atoms with Crippen LogP contribution in [-0.2, 0) is 34.6 Å². The quantitative estimate of drug-likeness (QED) is 0.152. The summed E-state index contributed by atoms with van der Waals surface area (Å²) < 4.78 is 41.9. The Morgan fingerprint density at radius 1 is 0.850 bits per heavy atom. The van der Waals surface area contributed by atoms with Gasteiger partial charge in [0.05, 0.1) is 11.5 Å². The standard InChI is InChI=1S/C25H24ClN2O.C7H8O3S/c26-24-13-11-22(12-14-24)19-29-25(23-9-5-2-6-10-23)18-28-16-15-27(20-28)17-21-7-3-1-4-8-21;1-6-2-4-7(5-3-6)11(8,9)10/h1-16,20,25H,17-19H2;2-5H,1H3,(H,8,9,10)/q+1;/p-1. The van der Waals surface area contributed by atoms with Gasteiger partial charge in [-0.3, -0.25) is 0 Å². The summed E-state index contributed by atoms with van der Waals surface area (Å²) in [4.78, 5) is -0.178. The largest absolute Gasteiger partial charge is 0.744 e. The number of ether oxygens (including phenoxy) is 1. The second kappa shape index (κ2) is 14.1. The molecule has 0 aliphatic rings. The molecular weight excluding hydrogens is 544 g/mol. The Labute approximate surface area is 240 Å². The number of aryl methyl sites for hydroxylation is 1. The van der Waals surface area contributed by atoms with Crippen LogP contribution in [-0.4, -0.2) is 17.5 Å². The zero-order valence-electron chi connectivity index (χ0n) is 22.1. The fourth-order valence-corrected chi connectivity index (χ4v) is 4.63. The number of rotatable bonds is 9. The average molecular weight is 575 g/mol. The van der Waals surface area contributed by atoms with Crippen LogP contribution in [0.4, 0.5) is 0 Å². The van der Waals surface area contributed by atoms with Crippen LogP contribution in [0.15, 0.2) is 133 Å². The number of halogens is 1. The minimum absolute atomic E-state index is 0.0375. The number of imidazole rings is 1. The van der Waals surface area contributed by atoms with Gasteiger partial charge in [-0.1, -0.05) is 102 Å². The molecule has 6 nitrogen and oxygen atoms in total. The van der Waals surface area contributed by atoms with Crippen molar-refractivity contribution in [1.29, 1.82) is 0 Å². The van der Waals surface area contributed by atoms with Gasteiger partial charge in [0.15, 0.2) is 0 Å². The Balaban J connectivity index is 0.000000283.